The number of oxime groups is 1. The van der Waals surface area contributed by atoms with E-state index in [0.717, 1.165) is 0 Å². The zero-order valence-corrected chi connectivity index (χ0v) is 5.29. The van der Waals surface area contributed by atoms with Gasteiger partial charge in [-0.25, -0.2) is 0 Å². The van der Waals surface area contributed by atoms with Crippen molar-refractivity contribution in [1.82, 2.24) is 0 Å². The van der Waals surface area contributed by atoms with Gasteiger partial charge in [-0.2, -0.15) is 0 Å². The molecule has 0 unspecified atom stereocenters. The van der Waals surface area contributed by atoms with Gasteiger partial charge in [0.25, 0.3) is 0 Å². The largest absolute Gasteiger partial charge is 0.537 e. The maximum Gasteiger partial charge on any atom is 0.537 e. The van der Waals surface area contributed by atoms with Crippen LogP contribution in [0.4, 0.5) is 0 Å². The Morgan fingerprint density at radius 1 is 1.50 bits per heavy atom. The first kappa shape index (κ1) is 7.47. The molecule has 0 aromatic heterocycles. The van der Waals surface area contributed by atoms with Crippen LogP contribution in [0, 0.1) is 14.8 Å². The first-order valence-corrected chi connectivity index (χ1v) is 3.39. The lowest BCUT2D eigenvalue weighted by atomic mass is 11.1. The average molecular weight is 186 g/mol. The molecule has 0 fully saturated rings. The summed E-state index contributed by atoms with van der Waals surface area (Å²) in [4.78, 5) is 0. The van der Waals surface area contributed by atoms with Crippen molar-refractivity contribution in [2.24, 2.45) is 16.6 Å². The molecule has 0 atom stereocenters. The van der Waals surface area contributed by atoms with Gasteiger partial charge in [0.15, 0.2) is 0 Å². The maximum absolute atomic E-state index is 9.54. The monoisotopic (exact) mass is 185 g/mol. The number of hydrogen-bond acceptors (Lipinski definition) is 4. The summed E-state index contributed by atoms with van der Waals surface area (Å²) in [7, 11) is 0. The second kappa shape index (κ2) is 3.47. The molecule has 4 N–H and O–H groups in total. The highest BCUT2D eigenvalue weighted by Crippen LogP contribution is 1.74. The normalized spacial score (nSPS) is 8.88. The summed E-state index contributed by atoms with van der Waals surface area (Å²) in [5.41, 5.74) is 9.36. The Bertz CT molecular complexity index is 88.5. The predicted molar refractivity (Wildman–Crippen MR) is 16.9 cm³/mol. The van der Waals surface area contributed by atoms with E-state index in [-0.39, 0.29) is 0 Å². The fourth-order valence-corrected chi connectivity index (χ4v) is 0.353. The highest BCUT2D eigenvalue weighted by Gasteiger charge is 2.07. The van der Waals surface area contributed by atoms with E-state index in [1.54, 1.807) is 0 Å². The standard InChI is InChI=1S/CH4BrN3O3/c3-1(4)5-8-2(6)7/h(H4,3,4,5). The summed E-state index contributed by atoms with van der Waals surface area (Å²) in [5.74, 6) is -0.417. The minimum absolute atomic E-state index is 0.417. The van der Waals surface area contributed by atoms with Gasteiger partial charge < -0.3 is 19.9 Å². The molecule has 0 aliphatic heterocycles. The lowest BCUT2D eigenvalue weighted by Gasteiger charge is -1.84. The molecule has 48 valence electrons. The number of nitrogens with zero attached hydrogens (tertiary/aromatic N) is 1. The van der Waals surface area contributed by atoms with Gasteiger partial charge in [-0.3, -0.25) is 0 Å². The predicted octanol–water partition coefficient (Wildman–Crippen LogP) is -3.72. The molecule has 0 radical (unpaired) electrons. The van der Waals surface area contributed by atoms with Crippen LogP contribution in [0.1, 0.15) is 0 Å². The van der Waals surface area contributed by atoms with E-state index in [9.17, 15) is 8.40 Å². The molecule has 0 spiro atoms. The van der Waals surface area contributed by atoms with Gasteiger partial charge in [-0.15, -0.1) is 0 Å². The van der Waals surface area contributed by atoms with Crippen molar-refractivity contribution in [2.75, 3.05) is 0 Å². The second-order valence-electron chi connectivity index (χ2n) is 0.774. The van der Waals surface area contributed by atoms with Gasteiger partial charge in [-0.1, -0.05) is 0 Å². The fraction of sp³-hybridized carbons (Fsp3) is 0. The Morgan fingerprint density at radius 3 is 2.12 bits per heavy atom. The van der Waals surface area contributed by atoms with E-state index >= 15 is 0 Å². The number of halogens is 1. The molecule has 0 bridgehead atoms. The van der Waals surface area contributed by atoms with Crippen LogP contribution < -0.4 is 19.9 Å². The Balaban J connectivity index is 3.29. The Morgan fingerprint density at radius 2 is 2.00 bits per heavy atom. The lowest BCUT2D eigenvalue weighted by molar-refractivity contribution is -1.63. The van der Waals surface area contributed by atoms with E-state index in [0.29, 0.717) is 0 Å². The summed E-state index contributed by atoms with van der Waals surface area (Å²) < 4.78 is 22.7. The van der Waals surface area contributed by atoms with Crippen LogP contribution in [0.5, 0.6) is 0 Å². The Hall–Kier alpha value is -0.530. The Kier molecular flexibility index (Phi) is 3.24. The van der Waals surface area contributed by atoms with E-state index in [1.807, 2.05) is 0 Å². The number of guanidine groups is 1. The summed E-state index contributed by atoms with van der Waals surface area (Å²) in [6.07, 6.45) is 0. The van der Waals surface area contributed by atoms with Crippen molar-refractivity contribution in [3.63, 3.8) is 0 Å². The summed E-state index contributed by atoms with van der Waals surface area (Å²) >= 11 is -3.30. The van der Waals surface area contributed by atoms with Gasteiger partial charge in [-0.05, 0) is 3.93 Å². The topological polar surface area (TPSA) is 120 Å². The van der Waals surface area contributed by atoms with Crippen molar-refractivity contribution < 1.29 is 27.1 Å². The lowest BCUT2D eigenvalue weighted by Crippen LogP contribution is -2.34. The van der Waals surface area contributed by atoms with Gasteiger partial charge >= 0.3 is 14.8 Å². The minimum Gasteiger partial charge on any atom is -0.367 e. The molecule has 0 aromatic carbocycles. The van der Waals surface area contributed by atoms with Crippen LogP contribution in [0.2, 0.25) is 0 Å². The first-order valence-electron chi connectivity index (χ1n) is 1.45. The van der Waals surface area contributed by atoms with Crippen LogP contribution in [0.25, 0.3) is 0 Å². The van der Waals surface area contributed by atoms with Crippen LogP contribution in [-0.4, -0.2) is 5.96 Å². The number of rotatable bonds is 2. The fourth-order valence-electron chi connectivity index (χ4n) is 0.0680. The van der Waals surface area contributed by atoms with Gasteiger partial charge in [0.1, 0.15) is 0 Å². The zero-order valence-electron chi connectivity index (χ0n) is 3.70. The molecular weight excluding hydrogens is 182 g/mol. The average Bonchev–Trinajstić information content (AvgIpc) is 1.61. The van der Waals surface area contributed by atoms with Crippen molar-refractivity contribution >= 4 is 5.96 Å². The smallest absolute Gasteiger partial charge is 0.367 e. The number of nitrogens with two attached hydrogens (primary N) is 2. The molecule has 0 saturated heterocycles. The second-order valence-corrected chi connectivity index (χ2v) is 1.86. The molecule has 0 aromatic rings. The van der Waals surface area contributed by atoms with Gasteiger partial charge in [0, 0.05) is 0 Å². The van der Waals surface area contributed by atoms with Crippen LogP contribution >= 0.6 is 0 Å². The third kappa shape index (κ3) is 5.47. The summed E-state index contributed by atoms with van der Waals surface area (Å²) in [6, 6.07) is 0. The third-order valence-corrected chi connectivity index (χ3v) is 0.577. The summed E-state index contributed by atoms with van der Waals surface area (Å²) in [5, 5.41) is 2.72. The van der Waals surface area contributed by atoms with Crippen molar-refractivity contribution in [3.05, 3.63) is 0 Å². The van der Waals surface area contributed by atoms with Crippen molar-refractivity contribution in [1.29, 1.82) is 0 Å². The quantitative estimate of drug-likeness (QED) is 0.261. The Labute approximate surface area is 50.5 Å². The van der Waals surface area contributed by atoms with Gasteiger partial charge in [0.2, 0.25) is 5.96 Å². The molecule has 8 heavy (non-hydrogen) atoms. The van der Waals surface area contributed by atoms with E-state index in [1.165, 1.54) is 0 Å². The van der Waals surface area contributed by atoms with Crippen LogP contribution in [-0.2, 0) is 3.93 Å². The zero-order chi connectivity index (χ0) is 6.57. The van der Waals surface area contributed by atoms with Crippen molar-refractivity contribution in [3.8, 4) is 0 Å². The SMILES string of the molecule is NC(N)=NO[Br+2]([O-])[O-]. The molecule has 0 aliphatic carbocycles. The van der Waals surface area contributed by atoms with E-state index < -0.39 is 20.8 Å². The minimum atomic E-state index is -3.30. The van der Waals surface area contributed by atoms with E-state index in [4.69, 9.17) is 0 Å². The highest BCUT2D eigenvalue weighted by molar-refractivity contribution is 5.74. The maximum atomic E-state index is 9.54. The third-order valence-electron chi connectivity index (χ3n) is 0.196. The van der Waals surface area contributed by atoms with E-state index in [2.05, 4.69) is 20.6 Å². The molecule has 7 heteroatoms. The highest BCUT2D eigenvalue weighted by atomic mass is 80.0. The van der Waals surface area contributed by atoms with Crippen molar-refractivity contribution in [2.45, 2.75) is 0 Å². The molecule has 0 amide bonds. The first-order chi connectivity index (χ1) is 3.63. The van der Waals surface area contributed by atoms with Crippen LogP contribution in [0.3, 0.4) is 0 Å². The molecule has 0 heterocycles. The molecule has 6 nitrogen and oxygen atoms in total. The summed E-state index contributed by atoms with van der Waals surface area (Å²) in [6.45, 7) is 0. The molecule has 0 rings (SSSR count). The number of hydrogen-bond donors (Lipinski definition) is 2. The molecule has 0 saturated carbocycles. The molecule has 0 aliphatic rings. The van der Waals surface area contributed by atoms with Crippen LogP contribution in [0.15, 0.2) is 5.16 Å². The van der Waals surface area contributed by atoms with Gasteiger partial charge in [0.05, 0.1) is 5.16 Å². The molecular formula is CH4BrN3O3.